The second kappa shape index (κ2) is 14.5. The van der Waals surface area contributed by atoms with E-state index in [2.05, 4.69) is 31.1 Å². The molecule has 1 heterocycles. The fourth-order valence-corrected chi connectivity index (χ4v) is 6.64. The molecule has 0 bridgehead atoms. The number of nitrogens with one attached hydrogen (secondary N) is 1. The minimum atomic E-state index is -3.42. The number of carboxylic acids is 1. The highest BCUT2D eigenvalue weighted by Gasteiger charge is 2.22. The van der Waals surface area contributed by atoms with E-state index < -0.39 is 22.0 Å². The van der Waals surface area contributed by atoms with Gasteiger partial charge in [-0.15, -0.1) is 11.3 Å². The van der Waals surface area contributed by atoms with Crippen LogP contribution in [0.5, 0.6) is 11.5 Å². The number of sulfone groups is 1. The molecule has 0 aliphatic rings. The quantitative estimate of drug-likeness (QED) is 0.116. The molecule has 2 N–H and O–H groups in total. The zero-order chi connectivity index (χ0) is 31.9. The Bertz CT molecular complexity index is 1700. The Morgan fingerprint density at radius 2 is 1.77 bits per heavy atom. The van der Waals surface area contributed by atoms with Crippen LogP contribution in [0.3, 0.4) is 0 Å². The molecule has 232 valence electrons. The van der Waals surface area contributed by atoms with Crippen LogP contribution in [-0.4, -0.2) is 41.4 Å². The molecule has 3 aromatic carbocycles. The minimum Gasteiger partial charge on any atom is -0.486 e. The lowest BCUT2D eigenvalue weighted by atomic mass is 9.93. The van der Waals surface area contributed by atoms with Gasteiger partial charge in [-0.1, -0.05) is 68.9 Å². The van der Waals surface area contributed by atoms with Crippen molar-refractivity contribution >= 4 is 56.0 Å². The zero-order valence-electron chi connectivity index (χ0n) is 24.4. The number of aliphatic carboxylic acids is 1. The summed E-state index contributed by atoms with van der Waals surface area (Å²) in [6.07, 6.45) is -0.492. The maximum atomic E-state index is 12.6. The van der Waals surface area contributed by atoms with Crippen molar-refractivity contribution in [3.05, 3.63) is 105 Å². The summed E-state index contributed by atoms with van der Waals surface area (Å²) >= 11 is 12.9. The van der Waals surface area contributed by atoms with Gasteiger partial charge in [0.05, 0.1) is 16.3 Å². The first-order valence-electron chi connectivity index (χ1n) is 13.8. The number of aryl methyl sites for hydroxylation is 1. The summed E-state index contributed by atoms with van der Waals surface area (Å²) in [6.45, 7) is 6.63. The SMILES string of the molecule is CC(C)(C)c1csc(COc2cccc(C(=S)NC(Oc3ccc(CCCS(=O)(=O)c4ccc(Cl)cc4)cc3)C(=O)O)c2)n1. The third kappa shape index (κ3) is 9.49. The van der Waals surface area contributed by atoms with Crippen LogP contribution < -0.4 is 14.8 Å². The van der Waals surface area contributed by atoms with Gasteiger partial charge in [-0.25, -0.2) is 18.2 Å². The lowest BCUT2D eigenvalue weighted by molar-refractivity contribution is -0.145. The Hall–Kier alpha value is -3.51. The number of ether oxygens (including phenoxy) is 2. The van der Waals surface area contributed by atoms with Crippen molar-refractivity contribution in [1.82, 2.24) is 10.3 Å². The van der Waals surface area contributed by atoms with E-state index in [0.29, 0.717) is 41.5 Å². The zero-order valence-corrected chi connectivity index (χ0v) is 27.7. The molecule has 4 rings (SSSR count). The smallest absolute Gasteiger partial charge is 0.366 e. The molecule has 1 aromatic heterocycles. The lowest BCUT2D eigenvalue weighted by Crippen LogP contribution is -2.44. The maximum Gasteiger partial charge on any atom is 0.366 e. The van der Waals surface area contributed by atoms with Crippen molar-refractivity contribution < 1.29 is 27.8 Å². The van der Waals surface area contributed by atoms with E-state index in [0.717, 1.165) is 16.3 Å². The first kappa shape index (κ1) is 33.4. The maximum absolute atomic E-state index is 12.6. The van der Waals surface area contributed by atoms with E-state index in [1.54, 1.807) is 60.7 Å². The Morgan fingerprint density at radius 3 is 2.41 bits per heavy atom. The molecule has 0 saturated carbocycles. The second-order valence-electron chi connectivity index (χ2n) is 11.0. The van der Waals surface area contributed by atoms with Gasteiger partial charge in [0.2, 0.25) is 0 Å². The number of carbonyl (C=O) groups is 1. The van der Waals surface area contributed by atoms with Crippen molar-refractivity contribution in [3.63, 3.8) is 0 Å². The topological polar surface area (TPSA) is 115 Å². The van der Waals surface area contributed by atoms with Crippen molar-refractivity contribution in [2.24, 2.45) is 0 Å². The number of thiazole rings is 1. The van der Waals surface area contributed by atoms with E-state index in [1.165, 1.54) is 23.5 Å². The summed E-state index contributed by atoms with van der Waals surface area (Å²) < 4.78 is 36.7. The molecule has 1 unspecified atom stereocenters. The number of carboxylic acid groups (broad SMARTS) is 1. The number of hydrogen-bond donors (Lipinski definition) is 2. The first-order chi connectivity index (χ1) is 20.8. The first-order valence-corrected chi connectivity index (χ1v) is 17.1. The lowest BCUT2D eigenvalue weighted by Gasteiger charge is -2.18. The van der Waals surface area contributed by atoms with E-state index >= 15 is 0 Å². The van der Waals surface area contributed by atoms with E-state index in [9.17, 15) is 18.3 Å². The molecule has 0 aliphatic heterocycles. The van der Waals surface area contributed by atoms with Crippen molar-refractivity contribution in [3.8, 4) is 11.5 Å². The van der Waals surface area contributed by atoms with Gasteiger partial charge in [0.1, 0.15) is 28.1 Å². The number of benzene rings is 3. The van der Waals surface area contributed by atoms with E-state index in [-0.39, 0.29) is 21.1 Å². The van der Waals surface area contributed by atoms with Crippen molar-refractivity contribution in [2.45, 2.75) is 56.8 Å². The second-order valence-corrected chi connectivity index (χ2v) is 14.9. The molecule has 44 heavy (non-hydrogen) atoms. The number of thiocarbonyl (C=S) groups is 1. The molecule has 0 saturated heterocycles. The molecular weight excluding hydrogens is 640 g/mol. The summed E-state index contributed by atoms with van der Waals surface area (Å²) in [6, 6.07) is 20.0. The summed E-state index contributed by atoms with van der Waals surface area (Å²) in [5.74, 6) is -0.358. The number of aromatic nitrogens is 1. The van der Waals surface area contributed by atoms with Crippen LogP contribution in [0.1, 0.15) is 49.0 Å². The van der Waals surface area contributed by atoms with Crippen LogP contribution in [0.4, 0.5) is 0 Å². The summed E-state index contributed by atoms with van der Waals surface area (Å²) in [5.41, 5.74) is 2.44. The molecule has 0 radical (unpaired) electrons. The molecule has 4 aromatic rings. The van der Waals surface area contributed by atoms with Crippen LogP contribution in [0, 0.1) is 0 Å². The molecular formula is C32H33ClN2O6S3. The monoisotopic (exact) mass is 672 g/mol. The van der Waals surface area contributed by atoms with Crippen molar-refractivity contribution in [2.75, 3.05) is 5.75 Å². The summed E-state index contributed by atoms with van der Waals surface area (Å²) in [7, 11) is -3.42. The third-order valence-electron chi connectivity index (χ3n) is 6.49. The number of halogens is 1. The Morgan fingerprint density at radius 1 is 1.07 bits per heavy atom. The van der Waals surface area contributed by atoms with Crippen molar-refractivity contribution in [1.29, 1.82) is 0 Å². The van der Waals surface area contributed by atoms with Crippen LogP contribution in [-0.2, 0) is 33.1 Å². The molecule has 8 nitrogen and oxygen atoms in total. The molecule has 0 aliphatic carbocycles. The Labute approximate surface area is 271 Å². The fraction of sp³-hybridized carbons (Fsp3) is 0.281. The van der Waals surface area contributed by atoms with E-state index in [1.807, 2.05) is 5.38 Å². The van der Waals surface area contributed by atoms with Crippen LogP contribution in [0.25, 0.3) is 0 Å². The number of nitrogens with zero attached hydrogens (tertiary/aromatic N) is 1. The van der Waals surface area contributed by atoms with Gasteiger partial charge in [0.15, 0.2) is 9.84 Å². The largest absolute Gasteiger partial charge is 0.486 e. The normalized spacial score (nSPS) is 12.4. The predicted molar refractivity (Wildman–Crippen MR) is 177 cm³/mol. The van der Waals surface area contributed by atoms with Gasteiger partial charge in [-0.05, 0) is 66.9 Å². The number of hydrogen-bond acceptors (Lipinski definition) is 8. The summed E-state index contributed by atoms with van der Waals surface area (Å²) in [4.78, 5) is 17.0. The van der Waals surface area contributed by atoms with Gasteiger partial charge in [-0.3, -0.25) is 0 Å². The van der Waals surface area contributed by atoms with E-state index in [4.69, 9.17) is 33.3 Å². The average molecular weight is 673 g/mol. The van der Waals surface area contributed by atoms with Gasteiger partial charge in [-0.2, -0.15) is 0 Å². The highest BCUT2D eigenvalue weighted by atomic mass is 35.5. The van der Waals surface area contributed by atoms with Gasteiger partial charge >= 0.3 is 5.97 Å². The molecule has 0 amide bonds. The van der Waals surface area contributed by atoms with Crippen LogP contribution in [0.2, 0.25) is 5.02 Å². The summed E-state index contributed by atoms with van der Waals surface area (Å²) in [5, 5.41) is 15.9. The highest BCUT2D eigenvalue weighted by Crippen LogP contribution is 2.25. The molecule has 0 fully saturated rings. The standard InChI is InChI=1S/C32H33ClN2O6S3/c1-32(2,3)27-20-43-28(34-27)19-40-25-8-4-7-22(18-25)30(42)35-29(31(36)37)41-24-13-9-21(10-14-24)6-5-17-44(38,39)26-15-11-23(33)12-16-26/h4,7-16,18,20,29H,5-6,17,19H2,1-3H3,(H,35,42)(H,36,37). The van der Waals surface area contributed by atoms with Gasteiger partial charge in [0, 0.05) is 21.4 Å². The van der Waals surface area contributed by atoms with Gasteiger partial charge in [0.25, 0.3) is 6.23 Å². The van der Waals surface area contributed by atoms with Gasteiger partial charge < -0.3 is 19.9 Å². The molecule has 1 atom stereocenters. The number of rotatable bonds is 13. The van der Waals surface area contributed by atoms with Crippen LogP contribution in [0.15, 0.2) is 83.1 Å². The molecule has 0 spiro atoms. The predicted octanol–water partition coefficient (Wildman–Crippen LogP) is 6.83. The Kier molecular flexibility index (Phi) is 11.0. The average Bonchev–Trinajstić information content (AvgIpc) is 3.47. The van der Waals surface area contributed by atoms with Crippen LogP contribution >= 0.6 is 35.2 Å². The highest BCUT2D eigenvalue weighted by molar-refractivity contribution is 7.91. The minimum absolute atomic E-state index is 0.00929. The molecule has 12 heteroatoms. The fourth-order valence-electron chi connectivity index (χ4n) is 4.03. The Balaban J connectivity index is 1.30. The third-order valence-corrected chi connectivity index (χ3v) is 9.74.